The van der Waals surface area contributed by atoms with Gasteiger partial charge >= 0.3 is 5.97 Å². The Kier molecular flexibility index (Phi) is 6.48. The summed E-state index contributed by atoms with van der Waals surface area (Å²) in [6.45, 7) is 5.97. The van der Waals surface area contributed by atoms with Crippen LogP contribution in [0.25, 0.3) is 0 Å². The first-order valence-electron chi connectivity index (χ1n) is 13.2. The SMILES string of the molecule is CC(=O)[C@H]1CC[C@@H]2[C@H]3CCC4=CC(=O)CC[C@]4(C)[C@@H]3[C@@H](O[C@@H]3O[C@H](C(=O)O)[C@@H](O)[C@H](O)[C@H]3O)C[C@]12C. The molecule has 0 unspecified atom stereocenters. The molecule has 4 aliphatic carbocycles. The number of carbonyl (C=O) groups excluding carboxylic acids is 2. The summed E-state index contributed by atoms with van der Waals surface area (Å²) in [5, 5.41) is 40.7. The van der Waals surface area contributed by atoms with E-state index in [1.165, 1.54) is 0 Å². The van der Waals surface area contributed by atoms with E-state index in [2.05, 4.69) is 13.8 Å². The number of fused-ring (bicyclic) bond motifs is 5. The zero-order chi connectivity index (χ0) is 26.2. The summed E-state index contributed by atoms with van der Waals surface area (Å²) >= 11 is 0. The molecular formula is C27H38O9. The van der Waals surface area contributed by atoms with Gasteiger partial charge in [0.2, 0.25) is 0 Å². The van der Waals surface area contributed by atoms with E-state index in [0.717, 1.165) is 31.3 Å². The number of hydrogen-bond donors (Lipinski definition) is 4. The first-order valence-corrected chi connectivity index (χ1v) is 13.2. The molecule has 1 heterocycles. The van der Waals surface area contributed by atoms with Crippen molar-refractivity contribution in [1.82, 2.24) is 0 Å². The highest BCUT2D eigenvalue weighted by Crippen LogP contribution is 2.67. The summed E-state index contributed by atoms with van der Waals surface area (Å²) in [5.74, 6) is -0.737. The molecule has 5 rings (SSSR count). The molecule has 4 N–H and O–H groups in total. The summed E-state index contributed by atoms with van der Waals surface area (Å²) in [6.07, 6.45) is -1.93. The summed E-state index contributed by atoms with van der Waals surface area (Å²) < 4.78 is 11.9. The monoisotopic (exact) mass is 506 g/mol. The standard InChI is InChI=1S/C27H38O9/c1-12(28)16-6-7-17-15-5-4-13-10-14(29)8-9-26(13,2)19(15)18(11-27(16,17)3)35-25-22(32)20(30)21(31)23(36-25)24(33)34/h10,15-23,25,30-32H,4-9,11H2,1-3H3,(H,33,34)/t15-,16-,17-,18+,19+,20+,21+,22-,23+,25-,26+,27-/m1/s1. The van der Waals surface area contributed by atoms with E-state index in [-0.39, 0.29) is 40.2 Å². The topological polar surface area (TPSA) is 151 Å². The van der Waals surface area contributed by atoms with Gasteiger partial charge in [0, 0.05) is 12.3 Å². The maximum Gasteiger partial charge on any atom is 0.335 e. The molecular weight excluding hydrogens is 468 g/mol. The average Bonchev–Trinajstić information content (AvgIpc) is 3.16. The van der Waals surface area contributed by atoms with Crippen LogP contribution >= 0.6 is 0 Å². The van der Waals surface area contributed by atoms with Gasteiger partial charge < -0.3 is 29.9 Å². The largest absolute Gasteiger partial charge is 0.479 e. The van der Waals surface area contributed by atoms with Crippen LogP contribution in [0.3, 0.4) is 0 Å². The van der Waals surface area contributed by atoms with Crippen LogP contribution in [0.1, 0.15) is 65.7 Å². The molecule has 36 heavy (non-hydrogen) atoms. The average molecular weight is 507 g/mol. The van der Waals surface area contributed by atoms with E-state index >= 15 is 0 Å². The van der Waals surface area contributed by atoms with E-state index < -0.39 is 42.8 Å². The van der Waals surface area contributed by atoms with Crippen molar-refractivity contribution in [2.75, 3.05) is 0 Å². The molecule has 9 nitrogen and oxygen atoms in total. The van der Waals surface area contributed by atoms with Gasteiger partial charge in [-0.15, -0.1) is 0 Å². The zero-order valence-electron chi connectivity index (χ0n) is 21.1. The van der Waals surface area contributed by atoms with E-state index in [4.69, 9.17) is 9.47 Å². The lowest BCUT2D eigenvalue weighted by atomic mass is 9.46. The van der Waals surface area contributed by atoms with Crippen LogP contribution in [-0.2, 0) is 23.9 Å². The van der Waals surface area contributed by atoms with Crippen LogP contribution < -0.4 is 0 Å². The highest BCUT2D eigenvalue weighted by atomic mass is 16.7. The van der Waals surface area contributed by atoms with Crippen molar-refractivity contribution in [2.24, 2.45) is 34.5 Å². The van der Waals surface area contributed by atoms with E-state index in [9.17, 15) is 34.8 Å². The molecule has 0 aromatic carbocycles. The first-order chi connectivity index (χ1) is 16.9. The fourth-order valence-corrected chi connectivity index (χ4v) is 8.78. The maximum atomic E-state index is 12.7. The Balaban J connectivity index is 1.53. The highest BCUT2D eigenvalue weighted by Gasteiger charge is 2.64. The molecule has 0 aromatic rings. The first kappa shape index (κ1) is 26.0. The predicted octanol–water partition coefficient (Wildman–Crippen LogP) is 1.61. The van der Waals surface area contributed by atoms with Gasteiger partial charge in [-0.25, -0.2) is 4.79 Å². The number of ketones is 2. The Bertz CT molecular complexity index is 976. The summed E-state index contributed by atoms with van der Waals surface area (Å²) in [7, 11) is 0. The van der Waals surface area contributed by atoms with Crippen molar-refractivity contribution in [3.63, 3.8) is 0 Å². The van der Waals surface area contributed by atoms with E-state index in [0.29, 0.717) is 25.2 Å². The second-order valence-electron chi connectivity index (χ2n) is 12.2. The molecule has 5 aliphatic rings. The van der Waals surface area contributed by atoms with Gasteiger partial charge in [0.15, 0.2) is 18.2 Å². The van der Waals surface area contributed by atoms with Gasteiger partial charge in [-0.05, 0) is 80.1 Å². The number of allylic oxidation sites excluding steroid dienone is 1. The Labute approximate surface area is 210 Å². The van der Waals surface area contributed by atoms with Crippen molar-refractivity contribution < 1.29 is 44.3 Å². The van der Waals surface area contributed by atoms with Gasteiger partial charge in [-0.3, -0.25) is 9.59 Å². The number of carboxylic acids is 1. The van der Waals surface area contributed by atoms with Gasteiger partial charge in [0.05, 0.1) is 6.10 Å². The van der Waals surface area contributed by atoms with E-state index in [1.807, 2.05) is 0 Å². The van der Waals surface area contributed by atoms with Crippen molar-refractivity contribution in [3.8, 4) is 0 Å². The molecule has 1 saturated heterocycles. The highest BCUT2D eigenvalue weighted by molar-refractivity contribution is 5.91. The number of Topliss-reactive ketones (excluding diaryl/α,β-unsaturated/α-hetero) is 1. The van der Waals surface area contributed by atoms with Crippen molar-refractivity contribution in [2.45, 2.75) is 103 Å². The molecule has 200 valence electrons. The zero-order valence-corrected chi connectivity index (χ0v) is 21.1. The Morgan fingerprint density at radius 3 is 2.44 bits per heavy atom. The van der Waals surface area contributed by atoms with E-state index in [1.54, 1.807) is 13.0 Å². The minimum atomic E-state index is -1.79. The lowest BCUT2D eigenvalue weighted by Gasteiger charge is -2.61. The third kappa shape index (κ3) is 3.81. The van der Waals surface area contributed by atoms with Crippen LogP contribution in [0.15, 0.2) is 11.6 Å². The minimum absolute atomic E-state index is 0.0162. The van der Waals surface area contributed by atoms with Gasteiger partial charge in [-0.1, -0.05) is 19.4 Å². The number of rotatable bonds is 4. The summed E-state index contributed by atoms with van der Waals surface area (Å²) in [5.41, 5.74) is 0.493. The summed E-state index contributed by atoms with van der Waals surface area (Å²) in [6, 6.07) is 0. The smallest absolute Gasteiger partial charge is 0.335 e. The summed E-state index contributed by atoms with van der Waals surface area (Å²) in [4.78, 5) is 36.6. The number of hydrogen-bond acceptors (Lipinski definition) is 8. The second-order valence-corrected chi connectivity index (χ2v) is 12.2. The third-order valence-corrected chi connectivity index (χ3v) is 10.5. The number of aliphatic carboxylic acids is 1. The van der Waals surface area contributed by atoms with Crippen LogP contribution in [0.5, 0.6) is 0 Å². The minimum Gasteiger partial charge on any atom is -0.479 e. The molecule has 3 saturated carbocycles. The van der Waals surface area contributed by atoms with Crippen LogP contribution in [0, 0.1) is 34.5 Å². The van der Waals surface area contributed by atoms with Crippen molar-refractivity contribution in [1.29, 1.82) is 0 Å². The lowest BCUT2D eigenvalue weighted by Crippen LogP contribution is -2.63. The second kappa shape index (κ2) is 8.98. The van der Waals surface area contributed by atoms with Gasteiger partial charge in [-0.2, -0.15) is 0 Å². The Hall–Kier alpha value is -1.65. The number of aliphatic hydroxyl groups is 3. The van der Waals surface area contributed by atoms with Crippen molar-refractivity contribution >= 4 is 17.5 Å². The fourth-order valence-electron chi connectivity index (χ4n) is 8.78. The molecule has 0 aromatic heterocycles. The Morgan fingerprint density at radius 1 is 1.06 bits per heavy atom. The molecule has 9 heteroatoms. The maximum absolute atomic E-state index is 12.7. The number of ether oxygens (including phenoxy) is 2. The molecule has 12 atom stereocenters. The Morgan fingerprint density at radius 2 is 1.78 bits per heavy atom. The molecule has 0 amide bonds. The number of carbonyl (C=O) groups is 3. The van der Waals surface area contributed by atoms with Crippen LogP contribution in [0.4, 0.5) is 0 Å². The normalized spacial score (nSPS) is 50.5. The fraction of sp³-hybridized carbons (Fsp3) is 0.815. The number of carboxylic acid groups (broad SMARTS) is 1. The predicted molar refractivity (Wildman–Crippen MR) is 125 cm³/mol. The van der Waals surface area contributed by atoms with Crippen LogP contribution in [0.2, 0.25) is 0 Å². The molecule has 4 fully saturated rings. The van der Waals surface area contributed by atoms with Crippen LogP contribution in [-0.4, -0.2) is 74.8 Å². The quantitative estimate of drug-likeness (QED) is 0.446. The lowest BCUT2D eigenvalue weighted by molar-refractivity contribution is -0.320. The molecule has 1 aliphatic heterocycles. The number of aliphatic hydroxyl groups excluding tert-OH is 3. The third-order valence-electron chi connectivity index (χ3n) is 10.5. The van der Waals surface area contributed by atoms with Gasteiger partial charge in [0.25, 0.3) is 0 Å². The van der Waals surface area contributed by atoms with Crippen molar-refractivity contribution in [3.05, 3.63) is 11.6 Å². The molecule has 0 radical (unpaired) electrons. The molecule has 0 spiro atoms. The molecule has 0 bridgehead atoms. The van der Waals surface area contributed by atoms with Gasteiger partial charge in [0.1, 0.15) is 24.1 Å².